The van der Waals surface area contributed by atoms with Gasteiger partial charge in [0.1, 0.15) is 30.3 Å². The molecule has 9 heteroatoms. The molecule has 0 spiro atoms. The molecule has 0 aliphatic carbocycles. The molecule has 0 aliphatic rings. The van der Waals surface area contributed by atoms with E-state index in [9.17, 15) is 18.0 Å². The Balaban J connectivity index is 1.71. The van der Waals surface area contributed by atoms with Gasteiger partial charge < -0.3 is 14.2 Å². The van der Waals surface area contributed by atoms with Gasteiger partial charge in [-0.3, -0.25) is 8.98 Å². The Bertz CT molecular complexity index is 1020. The van der Waals surface area contributed by atoms with Crippen LogP contribution in [0.5, 0.6) is 11.5 Å². The molecule has 180 valence electrons. The maximum Gasteiger partial charge on any atom is 0.338 e. The van der Waals surface area contributed by atoms with Gasteiger partial charge in [0.05, 0.1) is 18.4 Å². The van der Waals surface area contributed by atoms with Gasteiger partial charge in [-0.25, -0.2) is 4.79 Å². The van der Waals surface area contributed by atoms with E-state index >= 15 is 0 Å². The third-order valence-electron chi connectivity index (χ3n) is 4.12. The van der Waals surface area contributed by atoms with Crippen LogP contribution in [0.4, 0.5) is 0 Å². The molecule has 2 aromatic rings. The zero-order valence-corrected chi connectivity index (χ0v) is 20.1. The van der Waals surface area contributed by atoms with Gasteiger partial charge in [0.2, 0.25) is 5.78 Å². The number of carbonyl (C=O) groups is 2. The summed E-state index contributed by atoms with van der Waals surface area (Å²) in [6, 6.07) is 13.6. The largest absolute Gasteiger partial charge is 0.486 e. The molecule has 0 saturated heterocycles. The van der Waals surface area contributed by atoms with Gasteiger partial charge in [-0.1, -0.05) is 12.1 Å². The van der Waals surface area contributed by atoms with E-state index in [-0.39, 0.29) is 25.6 Å². The molecular formula is C24H30O8S. The van der Waals surface area contributed by atoms with Crippen molar-refractivity contribution in [1.82, 2.24) is 0 Å². The van der Waals surface area contributed by atoms with Crippen LogP contribution in [-0.4, -0.2) is 51.8 Å². The van der Waals surface area contributed by atoms with Gasteiger partial charge in [-0.15, -0.1) is 0 Å². The average molecular weight is 479 g/mol. The highest BCUT2D eigenvalue weighted by Crippen LogP contribution is 2.17. The van der Waals surface area contributed by atoms with Crippen molar-refractivity contribution in [3.63, 3.8) is 0 Å². The number of esters is 1. The minimum absolute atomic E-state index is 0.134. The lowest BCUT2D eigenvalue weighted by Crippen LogP contribution is -2.23. The summed E-state index contributed by atoms with van der Waals surface area (Å²) in [4.78, 5) is 24.1. The highest BCUT2D eigenvalue weighted by Gasteiger charge is 2.17. The monoisotopic (exact) mass is 478 g/mol. The first kappa shape index (κ1) is 26.3. The first-order chi connectivity index (χ1) is 15.4. The van der Waals surface area contributed by atoms with Gasteiger partial charge in [-0.05, 0) is 75.6 Å². The first-order valence-electron chi connectivity index (χ1n) is 10.5. The Morgan fingerprint density at radius 3 is 1.85 bits per heavy atom. The second-order valence-electron chi connectivity index (χ2n) is 8.42. The molecule has 0 saturated carbocycles. The van der Waals surface area contributed by atoms with E-state index in [1.165, 1.54) is 0 Å². The van der Waals surface area contributed by atoms with Crippen LogP contribution in [0.3, 0.4) is 0 Å². The van der Waals surface area contributed by atoms with Crippen LogP contribution in [0, 0.1) is 0 Å². The van der Waals surface area contributed by atoms with E-state index in [4.69, 9.17) is 18.4 Å². The van der Waals surface area contributed by atoms with Crippen molar-refractivity contribution < 1.29 is 36.4 Å². The number of Topliss-reactive ketones (excluding diaryl/α,β-unsaturated/α-hetero) is 1. The van der Waals surface area contributed by atoms with E-state index in [1.807, 2.05) is 12.1 Å². The van der Waals surface area contributed by atoms with E-state index in [0.717, 1.165) is 11.8 Å². The molecule has 0 atom stereocenters. The van der Waals surface area contributed by atoms with Crippen LogP contribution in [0.1, 0.15) is 43.1 Å². The third-order valence-corrected chi connectivity index (χ3v) is 4.71. The van der Waals surface area contributed by atoms with E-state index in [0.29, 0.717) is 29.9 Å². The molecule has 0 aliphatic heterocycles. The predicted octanol–water partition coefficient (Wildman–Crippen LogP) is 3.58. The number of ketones is 1. The van der Waals surface area contributed by atoms with Crippen LogP contribution in [-0.2, 0) is 30.3 Å². The maximum atomic E-state index is 12.1. The normalized spacial score (nSPS) is 11.6. The lowest BCUT2D eigenvalue weighted by Gasteiger charge is -2.19. The van der Waals surface area contributed by atoms with Crippen molar-refractivity contribution in [3.05, 3.63) is 59.7 Å². The zero-order chi connectivity index (χ0) is 24.5. The molecule has 0 bridgehead atoms. The van der Waals surface area contributed by atoms with Gasteiger partial charge in [0, 0.05) is 0 Å². The fourth-order valence-corrected chi connectivity index (χ4v) is 3.05. The second-order valence-corrected chi connectivity index (χ2v) is 10.1. The predicted molar refractivity (Wildman–Crippen MR) is 123 cm³/mol. The molecule has 0 N–H and O–H groups in total. The lowest BCUT2D eigenvalue weighted by molar-refractivity contribution is -0.123. The summed E-state index contributed by atoms with van der Waals surface area (Å²) in [5.74, 6) is 0.334. The molecule has 0 aromatic heterocycles. The summed E-state index contributed by atoms with van der Waals surface area (Å²) in [6.07, 6.45) is 2.25. The molecule has 8 nitrogen and oxygen atoms in total. The molecule has 0 radical (unpaired) electrons. The van der Waals surface area contributed by atoms with Crippen molar-refractivity contribution in [1.29, 1.82) is 0 Å². The van der Waals surface area contributed by atoms with Crippen molar-refractivity contribution >= 4 is 21.9 Å². The summed E-state index contributed by atoms with van der Waals surface area (Å²) in [5.41, 5.74) is 0.829. The number of benzene rings is 2. The molecule has 0 unspecified atom stereocenters. The Morgan fingerprint density at radius 2 is 1.36 bits per heavy atom. The maximum absolute atomic E-state index is 12.1. The quantitative estimate of drug-likeness (QED) is 0.259. The van der Waals surface area contributed by atoms with E-state index in [2.05, 4.69) is 0 Å². The number of rotatable bonds is 12. The lowest BCUT2D eigenvalue weighted by atomic mass is 10.1. The fraction of sp³-hybridized carbons (Fsp3) is 0.417. The minimum Gasteiger partial charge on any atom is -0.486 e. The number of carbonyl (C=O) groups excluding carboxylic acids is 2. The summed E-state index contributed by atoms with van der Waals surface area (Å²) in [6.45, 7) is 5.22. The topological polar surface area (TPSA) is 105 Å². The summed E-state index contributed by atoms with van der Waals surface area (Å²) in [5, 5.41) is 0. The van der Waals surface area contributed by atoms with Crippen molar-refractivity contribution in [2.75, 3.05) is 26.1 Å². The number of aryl methyl sites for hydroxylation is 1. The van der Waals surface area contributed by atoms with Crippen molar-refractivity contribution in [3.8, 4) is 11.5 Å². The molecule has 0 heterocycles. The summed E-state index contributed by atoms with van der Waals surface area (Å²) < 4.78 is 42.8. The highest BCUT2D eigenvalue weighted by molar-refractivity contribution is 7.85. The average Bonchev–Trinajstić information content (AvgIpc) is 2.73. The van der Waals surface area contributed by atoms with E-state index in [1.54, 1.807) is 57.2 Å². The highest BCUT2D eigenvalue weighted by atomic mass is 32.2. The smallest absolute Gasteiger partial charge is 0.338 e. The van der Waals surface area contributed by atoms with Gasteiger partial charge in [0.15, 0.2) is 0 Å². The van der Waals surface area contributed by atoms with Crippen molar-refractivity contribution in [2.45, 2.75) is 39.2 Å². The SMILES string of the molecule is CC(C)(C)OC(=O)c1ccc(OCC(=O)COc2ccc(CCCOS(C)(=O)=O)cc2)cc1. The van der Waals surface area contributed by atoms with Gasteiger partial charge in [0.25, 0.3) is 10.1 Å². The van der Waals surface area contributed by atoms with Crippen LogP contribution >= 0.6 is 0 Å². The molecule has 0 amide bonds. The summed E-state index contributed by atoms with van der Waals surface area (Å²) in [7, 11) is -3.42. The number of ether oxygens (including phenoxy) is 3. The third kappa shape index (κ3) is 11.0. The summed E-state index contributed by atoms with van der Waals surface area (Å²) >= 11 is 0. The first-order valence-corrected chi connectivity index (χ1v) is 12.3. The Hall–Kier alpha value is -2.91. The Labute approximate surface area is 194 Å². The van der Waals surface area contributed by atoms with Crippen LogP contribution < -0.4 is 9.47 Å². The minimum atomic E-state index is -3.42. The van der Waals surface area contributed by atoms with E-state index < -0.39 is 21.7 Å². The van der Waals surface area contributed by atoms with Crippen molar-refractivity contribution in [2.24, 2.45) is 0 Å². The standard InChI is InChI=1S/C24H30O8S/c1-24(2,3)32-23(26)19-9-13-22(14-10-19)30-17-20(25)16-29-21-11-7-18(8-12-21)6-5-15-31-33(4,27)28/h7-14H,5-6,15-17H2,1-4H3. The van der Waals surface area contributed by atoms with Crippen LogP contribution in [0.15, 0.2) is 48.5 Å². The van der Waals surface area contributed by atoms with Gasteiger partial charge >= 0.3 is 5.97 Å². The van der Waals surface area contributed by atoms with Gasteiger partial charge in [-0.2, -0.15) is 8.42 Å². The number of hydrogen-bond acceptors (Lipinski definition) is 8. The van der Waals surface area contributed by atoms with Crippen LogP contribution in [0.2, 0.25) is 0 Å². The Morgan fingerprint density at radius 1 is 0.848 bits per heavy atom. The molecular weight excluding hydrogens is 448 g/mol. The zero-order valence-electron chi connectivity index (χ0n) is 19.3. The number of hydrogen-bond donors (Lipinski definition) is 0. The fourth-order valence-electron chi connectivity index (χ4n) is 2.63. The van der Waals surface area contributed by atoms with Crippen LogP contribution in [0.25, 0.3) is 0 Å². The second kappa shape index (κ2) is 11.8. The molecule has 2 rings (SSSR count). The molecule has 33 heavy (non-hydrogen) atoms. The molecule has 2 aromatic carbocycles. The Kier molecular flexibility index (Phi) is 9.43. The molecule has 0 fully saturated rings.